The van der Waals surface area contributed by atoms with Crippen LogP contribution in [0.1, 0.15) is 30.4 Å². The van der Waals surface area contributed by atoms with Gasteiger partial charge in [0.05, 0.1) is 4.92 Å². The highest BCUT2D eigenvalue weighted by molar-refractivity contribution is 5.92. The maximum absolute atomic E-state index is 12.2. The van der Waals surface area contributed by atoms with E-state index < -0.39 is 4.92 Å². The number of ether oxygens (including phenoxy) is 1. The first kappa shape index (κ1) is 18.6. The minimum atomic E-state index is -0.468. The van der Waals surface area contributed by atoms with Gasteiger partial charge in [-0.3, -0.25) is 14.9 Å². The van der Waals surface area contributed by atoms with Crippen molar-refractivity contribution in [1.82, 2.24) is 4.90 Å². The van der Waals surface area contributed by atoms with Crippen molar-refractivity contribution in [2.24, 2.45) is 0 Å². The molecule has 27 heavy (non-hydrogen) atoms. The third-order valence-corrected chi connectivity index (χ3v) is 4.50. The van der Waals surface area contributed by atoms with Crippen molar-refractivity contribution in [3.63, 3.8) is 0 Å². The zero-order chi connectivity index (χ0) is 19.1. The number of amides is 1. The molecule has 6 nitrogen and oxygen atoms in total. The Morgan fingerprint density at radius 2 is 1.85 bits per heavy atom. The second-order valence-corrected chi connectivity index (χ2v) is 6.48. The lowest BCUT2D eigenvalue weighted by Gasteiger charge is -2.25. The predicted octanol–water partition coefficient (Wildman–Crippen LogP) is 4.20. The van der Waals surface area contributed by atoms with Crippen molar-refractivity contribution in [2.75, 3.05) is 13.1 Å². The van der Waals surface area contributed by atoms with E-state index in [1.807, 2.05) is 35.2 Å². The highest BCUT2D eigenvalue weighted by Crippen LogP contribution is 2.29. The molecule has 2 aromatic carbocycles. The molecule has 1 amide bonds. The molecule has 6 heteroatoms. The van der Waals surface area contributed by atoms with Gasteiger partial charge in [-0.15, -0.1) is 0 Å². The van der Waals surface area contributed by atoms with E-state index in [1.165, 1.54) is 12.1 Å². The topological polar surface area (TPSA) is 72.7 Å². The van der Waals surface area contributed by atoms with Crippen LogP contribution in [0.15, 0.2) is 54.6 Å². The summed E-state index contributed by atoms with van der Waals surface area (Å²) in [7, 11) is 0. The van der Waals surface area contributed by atoms with E-state index in [4.69, 9.17) is 4.74 Å². The molecule has 0 spiro atoms. The zero-order valence-corrected chi connectivity index (χ0v) is 15.0. The fraction of sp³-hybridized carbons (Fsp3) is 0.286. The molecule has 1 heterocycles. The summed E-state index contributed by atoms with van der Waals surface area (Å²) in [6.45, 7) is 1.80. The molecule has 0 bridgehead atoms. The van der Waals surface area contributed by atoms with E-state index in [0.717, 1.165) is 37.9 Å². The van der Waals surface area contributed by atoms with Crippen LogP contribution in [0, 0.1) is 10.1 Å². The number of carbonyl (C=O) groups excluding carboxylic acids is 1. The highest BCUT2D eigenvalue weighted by Gasteiger charge is 2.17. The Balaban J connectivity index is 1.70. The van der Waals surface area contributed by atoms with Gasteiger partial charge in [0.2, 0.25) is 5.91 Å². The predicted molar refractivity (Wildman–Crippen MR) is 103 cm³/mol. The second-order valence-electron chi connectivity index (χ2n) is 6.48. The van der Waals surface area contributed by atoms with E-state index >= 15 is 0 Å². The fourth-order valence-electron chi connectivity index (χ4n) is 3.03. The van der Waals surface area contributed by atoms with Gasteiger partial charge in [-0.05, 0) is 42.5 Å². The van der Waals surface area contributed by atoms with E-state index in [2.05, 4.69) is 0 Å². The fourth-order valence-corrected chi connectivity index (χ4v) is 3.03. The lowest BCUT2D eigenvalue weighted by atomic mass is 10.1. The molecule has 1 fully saturated rings. The molecule has 140 valence electrons. The molecule has 0 N–H and O–H groups in total. The van der Waals surface area contributed by atoms with E-state index in [0.29, 0.717) is 5.56 Å². The smallest absolute Gasteiger partial charge is 0.311 e. The molecule has 0 aliphatic carbocycles. The second kappa shape index (κ2) is 8.98. The maximum Gasteiger partial charge on any atom is 0.311 e. The van der Waals surface area contributed by atoms with Gasteiger partial charge in [0, 0.05) is 25.2 Å². The van der Waals surface area contributed by atoms with E-state index in [-0.39, 0.29) is 24.0 Å². The van der Waals surface area contributed by atoms with E-state index in [1.54, 1.807) is 18.2 Å². The number of likely N-dealkylation sites (tertiary alicyclic amines) is 1. The summed E-state index contributed by atoms with van der Waals surface area (Å²) in [5.74, 6) is 0.158. The minimum absolute atomic E-state index is 0.0539. The molecular weight excluding hydrogens is 344 g/mol. The molecular formula is C21H22N2O4. The van der Waals surface area contributed by atoms with E-state index in [9.17, 15) is 14.9 Å². The number of rotatable bonds is 6. The first-order chi connectivity index (χ1) is 13.1. The van der Waals surface area contributed by atoms with Crippen LogP contribution >= 0.6 is 0 Å². The summed E-state index contributed by atoms with van der Waals surface area (Å²) in [5.41, 5.74) is 1.42. The van der Waals surface area contributed by atoms with Gasteiger partial charge in [-0.2, -0.15) is 0 Å². The van der Waals surface area contributed by atoms with Crippen LogP contribution in [0.25, 0.3) is 6.08 Å². The number of nitro groups is 1. The van der Waals surface area contributed by atoms with Crippen LogP contribution in [-0.2, 0) is 11.4 Å². The van der Waals surface area contributed by atoms with Crippen molar-refractivity contribution < 1.29 is 14.5 Å². The zero-order valence-electron chi connectivity index (χ0n) is 15.0. The summed E-state index contributed by atoms with van der Waals surface area (Å²) >= 11 is 0. The molecule has 0 saturated carbocycles. The molecule has 0 aromatic heterocycles. The standard InChI is InChI=1S/C21H22N2O4/c24-21(22-13-5-2-6-14-22)12-10-17-9-11-20(19(15-17)23(25)26)27-16-18-7-3-1-4-8-18/h1,3-4,7-12,15H,2,5-6,13-14,16H2/b12-10+. The molecule has 1 aliphatic heterocycles. The van der Waals surface area contributed by atoms with Crippen LogP contribution in [-0.4, -0.2) is 28.8 Å². The van der Waals surface area contributed by atoms with Gasteiger partial charge in [-0.1, -0.05) is 36.4 Å². The molecule has 0 atom stereocenters. The van der Waals surface area contributed by atoms with Gasteiger partial charge in [0.1, 0.15) is 6.61 Å². The van der Waals surface area contributed by atoms with Gasteiger partial charge < -0.3 is 9.64 Å². The third kappa shape index (κ3) is 5.17. The summed E-state index contributed by atoms with van der Waals surface area (Å²) in [6, 6.07) is 14.2. The van der Waals surface area contributed by atoms with Crippen molar-refractivity contribution in [2.45, 2.75) is 25.9 Å². The SMILES string of the molecule is O=C(/C=C/c1ccc(OCc2ccccc2)c([N+](=O)[O-])c1)N1CCCCC1. The summed E-state index contributed by atoms with van der Waals surface area (Å²) < 4.78 is 5.62. The van der Waals surface area contributed by atoms with Gasteiger partial charge in [-0.25, -0.2) is 0 Å². The lowest BCUT2D eigenvalue weighted by Crippen LogP contribution is -2.34. The number of benzene rings is 2. The number of nitro benzene ring substituents is 1. The Morgan fingerprint density at radius 1 is 1.11 bits per heavy atom. The summed E-state index contributed by atoms with van der Waals surface area (Å²) in [4.78, 5) is 24.9. The number of nitrogens with zero attached hydrogens (tertiary/aromatic N) is 2. The van der Waals surface area contributed by atoms with Gasteiger partial charge >= 0.3 is 5.69 Å². The highest BCUT2D eigenvalue weighted by atomic mass is 16.6. The quantitative estimate of drug-likeness (QED) is 0.436. The molecule has 0 radical (unpaired) electrons. The maximum atomic E-state index is 12.2. The number of hydrogen-bond acceptors (Lipinski definition) is 4. The van der Waals surface area contributed by atoms with Crippen LogP contribution < -0.4 is 4.74 Å². The lowest BCUT2D eigenvalue weighted by molar-refractivity contribution is -0.386. The Kier molecular flexibility index (Phi) is 6.20. The third-order valence-electron chi connectivity index (χ3n) is 4.50. The molecule has 2 aromatic rings. The van der Waals surface area contributed by atoms with Crippen LogP contribution in [0.2, 0.25) is 0 Å². The number of carbonyl (C=O) groups is 1. The first-order valence-electron chi connectivity index (χ1n) is 9.05. The van der Waals surface area contributed by atoms with Crippen molar-refractivity contribution in [1.29, 1.82) is 0 Å². The molecule has 3 rings (SSSR count). The Hall–Kier alpha value is -3.15. The van der Waals surface area contributed by atoms with Crippen LogP contribution in [0.4, 0.5) is 5.69 Å². The Bertz CT molecular complexity index is 827. The average molecular weight is 366 g/mol. The van der Waals surface area contributed by atoms with Crippen molar-refractivity contribution in [3.8, 4) is 5.75 Å². The van der Waals surface area contributed by atoms with Crippen LogP contribution in [0.5, 0.6) is 5.75 Å². The summed E-state index contributed by atoms with van der Waals surface area (Å²) in [6.07, 6.45) is 6.31. The first-order valence-corrected chi connectivity index (χ1v) is 9.05. The Morgan fingerprint density at radius 3 is 2.56 bits per heavy atom. The van der Waals surface area contributed by atoms with Crippen molar-refractivity contribution in [3.05, 3.63) is 75.8 Å². The number of hydrogen-bond donors (Lipinski definition) is 0. The normalized spacial score (nSPS) is 14.3. The average Bonchev–Trinajstić information content (AvgIpc) is 2.72. The monoisotopic (exact) mass is 366 g/mol. The van der Waals surface area contributed by atoms with Crippen LogP contribution in [0.3, 0.4) is 0 Å². The minimum Gasteiger partial charge on any atom is -0.482 e. The Labute approximate surface area is 158 Å². The van der Waals surface area contributed by atoms with Gasteiger partial charge in [0.25, 0.3) is 0 Å². The van der Waals surface area contributed by atoms with Gasteiger partial charge in [0.15, 0.2) is 5.75 Å². The molecule has 1 saturated heterocycles. The largest absolute Gasteiger partial charge is 0.482 e. The molecule has 1 aliphatic rings. The molecule has 0 unspecified atom stereocenters. The van der Waals surface area contributed by atoms with Crippen molar-refractivity contribution >= 4 is 17.7 Å². The number of piperidine rings is 1. The summed E-state index contributed by atoms with van der Waals surface area (Å²) in [5, 5.41) is 11.4.